The first-order valence-corrected chi connectivity index (χ1v) is 7.62. The molecule has 24 heavy (non-hydrogen) atoms. The summed E-state index contributed by atoms with van der Waals surface area (Å²) in [4.78, 5) is 23.7. The van der Waals surface area contributed by atoms with Gasteiger partial charge in [-0.25, -0.2) is 4.39 Å². The number of nitrogens with zero attached hydrogens (tertiary/aromatic N) is 1. The number of amides is 1. The van der Waals surface area contributed by atoms with Crippen molar-refractivity contribution in [3.05, 3.63) is 65.6 Å². The van der Waals surface area contributed by atoms with E-state index in [4.69, 9.17) is 0 Å². The van der Waals surface area contributed by atoms with Crippen LogP contribution >= 0.6 is 0 Å². The molecule has 122 valence electrons. The number of carbonyl (C=O) groups excluding carboxylic acids is 2. The van der Waals surface area contributed by atoms with Crippen LogP contribution in [0, 0.1) is 12.7 Å². The molecule has 0 aliphatic rings. The Labute approximate surface area is 138 Å². The highest BCUT2D eigenvalue weighted by atomic mass is 19.1. The molecule has 4 nitrogen and oxygen atoms in total. The fourth-order valence-corrected chi connectivity index (χ4v) is 2.68. The van der Waals surface area contributed by atoms with E-state index in [1.165, 1.54) is 12.1 Å². The van der Waals surface area contributed by atoms with Crippen molar-refractivity contribution in [1.82, 2.24) is 4.57 Å². The van der Waals surface area contributed by atoms with Crippen LogP contribution in [0.4, 0.5) is 10.1 Å². The van der Waals surface area contributed by atoms with Crippen molar-refractivity contribution in [1.29, 1.82) is 0 Å². The summed E-state index contributed by atoms with van der Waals surface area (Å²) >= 11 is 0. The van der Waals surface area contributed by atoms with Gasteiger partial charge in [0.25, 0.3) is 0 Å². The average molecular weight is 324 g/mol. The van der Waals surface area contributed by atoms with Gasteiger partial charge in [-0.1, -0.05) is 17.7 Å². The van der Waals surface area contributed by atoms with E-state index in [2.05, 4.69) is 5.32 Å². The molecule has 0 radical (unpaired) electrons. The van der Waals surface area contributed by atoms with Crippen LogP contribution in [0.3, 0.4) is 0 Å². The topological polar surface area (TPSA) is 51.1 Å². The molecule has 1 unspecified atom stereocenters. The van der Waals surface area contributed by atoms with Gasteiger partial charge in [0.15, 0.2) is 6.29 Å². The number of hydrogen-bond donors (Lipinski definition) is 1. The summed E-state index contributed by atoms with van der Waals surface area (Å²) < 4.78 is 15.1. The van der Waals surface area contributed by atoms with Gasteiger partial charge in [0.2, 0.25) is 5.91 Å². The zero-order chi connectivity index (χ0) is 17.3. The smallest absolute Gasteiger partial charge is 0.247 e. The Balaban J connectivity index is 1.93. The van der Waals surface area contributed by atoms with Gasteiger partial charge in [-0.3, -0.25) is 9.59 Å². The van der Waals surface area contributed by atoms with Crippen molar-refractivity contribution < 1.29 is 14.0 Å². The first-order chi connectivity index (χ1) is 11.5. The van der Waals surface area contributed by atoms with Gasteiger partial charge in [0.1, 0.15) is 11.9 Å². The zero-order valence-electron chi connectivity index (χ0n) is 13.4. The minimum atomic E-state index is -0.548. The molecule has 2 aromatic carbocycles. The van der Waals surface area contributed by atoms with E-state index < -0.39 is 11.9 Å². The lowest BCUT2D eigenvalue weighted by Gasteiger charge is -2.15. The second-order valence-corrected chi connectivity index (χ2v) is 5.80. The van der Waals surface area contributed by atoms with E-state index >= 15 is 0 Å². The minimum absolute atomic E-state index is 0.211. The number of halogens is 1. The summed E-state index contributed by atoms with van der Waals surface area (Å²) in [5.41, 5.74) is 2.82. The molecule has 0 aliphatic carbocycles. The lowest BCUT2D eigenvalue weighted by molar-refractivity contribution is -0.118. The van der Waals surface area contributed by atoms with E-state index in [-0.39, 0.29) is 5.91 Å². The first-order valence-electron chi connectivity index (χ1n) is 7.62. The summed E-state index contributed by atoms with van der Waals surface area (Å²) in [5, 5.41) is 3.35. The summed E-state index contributed by atoms with van der Waals surface area (Å²) in [6.07, 6.45) is 2.25. The standard InChI is InChI=1S/C19H17FN2O2/c1-12-3-6-16(7-4-12)21-19(24)13(2)22-10-14(11-23)17-9-15(20)5-8-18(17)22/h3-11,13H,1-2H3,(H,21,24). The number of benzene rings is 2. The molecular formula is C19H17FN2O2. The molecule has 5 heteroatoms. The van der Waals surface area contributed by atoms with Crippen LogP contribution in [0.25, 0.3) is 10.9 Å². The number of hydrogen-bond acceptors (Lipinski definition) is 2. The second kappa shape index (κ2) is 6.28. The molecule has 0 aliphatic heterocycles. The molecule has 3 rings (SSSR count). The van der Waals surface area contributed by atoms with Crippen LogP contribution in [0.15, 0.2) is 48.7 Å². The highest BCUT2D eigenvalue weighted by Crippen LogP contribution is 2.25. The summed E-state index contributed by atoms with van der Waals surface area (Å²) in [7, 11) is 0. The van der Waals surface area contributed by atoms with Crippen molar-refractivity contribution in [2.45, 2.75) is 19.9 Å². The number of rotatable bonds is 4. The van der Waals surface area contributed by atoms with Crippen LogP contribution < -0.4 is 5.32 Å². The van der Waals surface area contributed by atoms with Gasteiger partial charge in [-0.15, -0.1) is 0 Å². The fraction of sp³-hybridized carbons (Fsp3) is 0.158. The maximum Gasteiger partial charge on any atom is 0.247 e. The Morgan fingerprint density at radius 2 is 1.92 bits per heavy atom. The Morgan fingerprint density at radius 3 is 2.58 bits per heavy atom. The number of fused-ring (bicyclic) bond motifs is 1. The van der Waals surface area contributed by atoms with Crippen LogP contribution in [-0.4, -0.2) is 16.8 Å². The molecule has 1 amide bonds. The van der Waals surface area contributed by atoms with Gasteiger partial charge in [-0.05, 0) is 44.2 Å². The minimum Gasteiger partial charge on any atom is -0.335 e. The number of anilines is 1. The SMILES string of the molecule is Cc1ccc(NC(=O)C(C)n2cc(C=O)c3cc(F)ccc32)cc1. The molecule has 1 N–H and O–H groups in total. The summed E-state index contributed by atoms with van der Waals surface area (Å²) in [6.45, 7) is 3.71. The predicted molar refractivity (Wildman–Crippen MR) is 91.8 cm³/mol. The van der Waals surface area contributed by atoms with Crippen molar-refractivity contribution in [2.75, 3.05) is 5.32 Å². The third-order valence-electron chi connectivity index (χ3n) is 4.07. The van der Waals surface area contributed by atoms with Gasteiger partial charge in [0, 0.05) is 28.4 Å². The zero-order valence-corrected chi connectivity index (χ0v) is 13.4. The highest BCUT2D eigenvalue weighted by Gasteiger charge is 2.19. The van der Waals surface area contributed by atoms with E-state index in [0.717, 1.165) is 5.56 Å². The molecule has 1 aromatic heterocycles. The maximum atomic E-state index is 13.4. The largest absolute Gasteiger partial charge is 0.335 e. The number of aromatic nitrogens is 1. The van der Waals surface area contributed by atoms with E-state index in [9.17, 15) is 14.0 Å². The molecular weight excluding hydrogens is 307 g/mol. The van der Waals surface area contributed by atoms with Gasteiger partial charge in [-0.2, -0.15) is 0 Å². The van der Waals surface area contributed by atoms with Crippen molar-refractivity contribution in [2.24, 2.45) is 0 Å². The normalized spacial score (nSPS) is 12.1. The molecule has 0 saturated heterocycles. The quantitative estimate of drug-likeness (QED) is 0.735. The molecule has 0 bridgehead atoms. The molecule has 1 atom stereocenters. The molecule has 3 aromatic rings. The Kier molecular flexibility index (Phi) is 4.16. The van der Waals surface area contributed by atoms with Crippen molar-refractivity contribution in [3.63, 3.8) is 0 Å². The average Bonchev–Trinajstić information content (AvgIpc) is 2.94. The van der Waals surface area contributed by atoms with Crippen LogP contribution in [0.2, 0.25) is 0 Å². The lowest BCUT2D eigenvalue weighted by atomic mass is 10.2. The van der Waals surface area contributed by atoms with E-state index in [1.54, 1.807) is 23.8 Å². The van der Waals surface area contributed by atoms with Gasteiger partial charge >= 0.3 is 0 Å². The summed E-state index contributed by atoms with van der Waals surface area (Å²) in [5.74, 6) is -0.627. The van der Waals surface area contributed by atoms with Crippen molar-refractivity contribution in [3.8, 4) is 0 Å². The van der Waals surface area contributed by atoms with Crippen LogP contribution in [0.5, 0.6) is 0 Å². The van der Waals surface area contributed by atoms with E-state index in [1.807, 2.05) is 31.2 Å². The van der Waals surface area contributed by atoms with E-state index in [0.29, 0.717) is 28.4 Å². The third-order valence-corrected chi connectivity index (χ3v) is 4.07. The molecule has 0 saturated carbocycles. The Morgan fingerprint density at radius 1 is 1.21 bits per heavy atom. The fourth-order valence-electron chi connectivity index (χ4n) is 2.68. The maximum absolute atomic E-state index is 13.4. The highest BCUT2D eigenvalue weighted by molar-refractivity contribution is 6.00. The number of nitrogens with one attached hydrogen (secondary N) is 1. The monoisotopic (exact) mass is 324 g/mol. The van der Waals surface area contributed by atoms with Gasteiger partial charge < -0.3 is 9.88 Å². The Bertz CT molecular complexity index is 913. The molecule has 0 fully saturated rings. The lowest BCUT2D eigenvalue weighted by Crippen LogP contribution is -2.23. The number of aryl methyl sites for hydroxylation is 1. The number of carbonyl (C=O) groups is 2. The third kappa shape index (κ3) is 2.93. The molecule has 0 spiro atoms. The van der Waals surface area contributed by atoms with Gasteiger partial charge in [0.05, 0.1) is 0 Å². The molecule has 1 heterocycles. The first kappa shape index (κ1) is 15.9. The second-order valence-electron chi connectivity index (χ2n) is 5.80. The summed E-state index contributed by atoms with van der Waals surface area (Å²) in [6, 6.07) is 11.1. The Hall–Kier alpha value is -2.95. The number of aldehydes is 1. The predicted octanol–water partition coefficient (Wildman–Crippen LogP) is 4.10. The van der Waals surface area contributed by atoms with Crippen molar-refractivity contribution >= 4 is 28.8 Å². The van der Waals surface area contributed by atoms with Crippen LogP contribution in [0.1, 0.15) is 28.9 Å². The van der Waals surface area contributed by atoms with Crippen LogP contribution in [-0.2, 0) is 4.79 Å².